The Morgan fingerprint density at radius 2 is 1.03 bits per heavy atom. The molecular formula is C87H123N21O18S. The van der Waals surface area contributed by atoms with Crippen molar-refractivity contribution < 1.29 is 86.6 Å². The van der Waals surface area contributed by atoms with E-state index in [2.05, 4.69) is 63.1 Å². The molecule has 4 fully saturated rings. The van der Waals surface area contributed by atoms with Crippen LogP contribution < -0.4 is 76.1 Å². The minimum absolute atomic E-state index is 0.0170. The highest BCUT2D eigenvalue weighted by atomic mass is 32.2. The van der Waals surface area contributed by atoms with Gasteiger partial charge < -0.3 is 116 Å². The molecule has 127 heavy (non-hydrogen) atoms. The van der Waals surface area contributed by atoms with Crippen LogP contribution in [0.25, 0.3) is 21.8 Å². The Morgan fingerprint density at radius 3 is 1.58 bits per heavy atom. The van der Waals surface area contributed by atoms with Gasteiger partial charge in [-0.25, -0.2) is 0 Å². The summed E-state index contributed by atoms with van der Waals surface area (Å²) in [4.78, 5) is 260. The number of hydrogen-bond donors (Lipinski definition) is 17. The van der Waals surface area contributed by atoms with Gasteiger partial charge in [0.25, 0.3) is 0 Å². The lowest BCUT2D eigenvalue weighted by Crippen LogP contribution is -2.62. The number of rotatable bonds is 22. The van der Waals surface area contributed by atoms with Crippen molar-refractivity contribution in [3.8, 4) is 5.75 Å². The second-order valence-electron chi connectivity index (χ2n) is 33.6. The topological polar surface area (TPSA) is 583 Å². The summed E-state index contributed by atoms with van der Waals surface area (Å²) in [6.07, 6.45) is 4.60. The molecule has 13 atom stereocenters. The number of para-hydroxylation sites is 2. The number of amides is 17. The Balaban J connectivity index is 1.06. The number of fused-ring (bicyclic) bond motifs is 4. The number of aromatic hydroxyl groups is 1. The molecule has 1 spiro atoms. The molecule has 0 radical (unpaired) electrons. The molecule has 3 aliphatic heterocycles. The molecule has 5 aromatic rings. The highest BCUT2D eigenvalue weighted by Gasteiger charge is 2.54. The van der Waals surface area contributed by atoms with Gasteiger partial charge in [0.15, 0.2) is 0 Å². The molecule has 2 aromatic heterocycles. The van der Waals surface area contributed by atoms with Crippen molar-refractivity contribution in [3.05, 3.63) is 102 Å². The minimum atomic E-state index is -1.73. The van der Waals surface area contributed by atoms with Gasteiger partial charge in [-0.3, -0.25) is 81.5 Å². The third kappa shape index (κ3) is 26.0. The Bertz CT molecular complexity index is 4820. The van der Waals surface area contributed by atoms with Crippen LogP contribution in [-0.2, 0) is 101 Å². The first-order valence-electron chi connectivity index (χ1n) is 43.4. The fraction of sp³-hybridized carbons (Fsp3) is 0.552. The highest BCUT2D eigenvalue weighted by molar-refractivity contribution is 8.00. The van der Waals surface area contributed by atoms with Crippen molar-refractivity contribution >= 4 is 134 Å². The first-order chi connectivity index (χ1) is 60.5. The largest absolute Gasteiger partial charge is 0.508 e. The number of nitrogens with zero attached hydrogens (tertiary/aromatic N) is 5. The van der Waals surface area contributed by atoms with Crippen molar-refractivity contribution in [3.63, 3.8) is 0 Å². The zero-order chi connectivity index (χ0) is 92.7. The van der Waals surface area contributed by atoms with E-state index < -0.39 is 210 Å². The van der Waals surface area contributed by atoms with Crippen LogP contribution in [0.2, 0.25) is 0 Å². The average Bonchev–Trinajstić information content (AvgIpc) is 1.63. The van der Waals surface area contributed by atoms with Crippen LogP contribution in [0.1, 0.15) is 148 Å². The SMILES string of the molecule is CCCC[C@H]1C(=O)N(C)[C@@H](CCCC)C(=O)NC2(CC2)C(=O)N[C@H](C(=O)NCC(N)=O)CSCC(=O)N[C@@H](Cc2ccc(O)cc2)C(=O)N(C)[C@@H](C)C(=O)N[C@@H](CC(N)=O)C(=O)N2CCC[C@H]2C(=O)N[C@@H](CN)C(=O)N[C@@H](CC(C)C)C(=O)N2CCC[C@H]2C(=O)N[C@@H](Cc2c[nH]c3ccccc23)C(=O)N[C@@H](CCN)C(=O)N[C@@H](Cc2c[nH]c3ccccc23)C(=O)N1C. The first kappa shape index (κ1) is 98.6. The number of H-pyrrole nitrogens is 2. The Hall–Kier alpha value is -12.2. The van der Waals surface area contributed by atoms with Crippen molar-refractivity contribution in [1.29, 1.82) is 0 Å². The molecule has 21 N–H and O–H groups in total. The number of carbonyl (C=O) groups excluding carboxylic acids is 17. The number of phenolic OH excluding ortho intramolecular Hbond substituents is 1. The lowest BCUT2D eigenvalue weighted by Gasteiger charge is -2.36. The summed E-state index contributed by atoms with van der Waals surface area (Å²) in [7, 11) is 4.05. The van der Waals surface area contributed by atoms with Gasteiger partial charge in [-0.1, -0.05) is 102 Å². The number of unbranched alkanes of at least 4 members (excludes halogenated alkanes) is 2. The second-order valence-corrected chi connectivity index (χ2v) is 34.6. The van der Waals surface area contributed by atoms with E-state index in [1.165, 1.54) is 67.0 Å². The van der Waals surface area contributed by atoms with Gasteiger partial charge in [0.2, 0.25) is 100 Å². The summed E-state index contributed by atoms with van der Waals surface area (Å²) in [6, 6.07) is 1.51. The zero-order valence-corrected chi connectivity index (χ0v) is 74.0. The first-order valence-corrected chi connectivity index (χ1v) is 44.5. The Labute approximate surface area is 740 Å². The van der Waals surface area contributed by atoms with Crippen LogP contribution in [0.15, 0.2) is 85.2 Å². The van der Waals surface area contributed by atoms with Crippen molar-refractivity contribution in [2.75, 3.05) is 65.4 Å². The summed E-state index contributed by atoms with van der Waals surface area (Å²) < 4.78 is 0. The predicted octanol–water partition coefficient (Wildman–Crippen LogP) is -1.65. The lowest BCUT2D eigenvalue weighted by atomic mass is 9.99. The normalized spacial score (nSPS) is 25.2. The predicted molar refractivity (Wildman–Crippen MR) is 471 cm³/mol. The van der Waals surface area contributed by atoms with Crippen molar-refractivity contribution in [2.45, 2.75) is 234 Å². The fourth-order valence-corrected chi connectivity index (χ4v) is 17.1. The maximum atomic E-state index is 15.7. The Kier molecular flexibility index (Phi) is 35.6. The summed E-state index contributed by atoms with van der Waals surface area (Å²) in [6.45, 7) is 7.20. The monoisotopic (exact) mass is 1780 g/mol. The van der Waals surface area contributed by atoms with E-state index in [4.69, 9.17) is 22.9 Å². The number of benzene rings is 3. The van der Waals surface area contributed by atoms with E-state index in [0.717, 1.165) is 21.6 Å². The highest BCUT2D eigenvalue weighted by Crippen LogP contribution is 2.37. The molecule has 0 bridgehead atoms. The van der Waals surface area contributed by atoms with Crippen molar-refractivity contribution in [2.24, 2.45) is 28.9 Å². The molecular weight excluding hydrogens is 1660 g/mol. The maximum Gasteiger partial charge on any atom is 0.246 e. The average molecular weight is 1780 g/mol. The third-order valence-electron chi connectivity index (χ3n) is 23.7. The summed E-state index contributed by atoms with van der Waals surface area (Å²) in [5, 5.41) is 38.6. The standard InChI is InChI=1S/C87H123N21O18S/c1-9-11-23-66-80(120)103-87(32-33-87)86(126)102-65(74(114)94-45-71(91)111)46-127-47-72(112)95-61(38-50-27-29-53(109)30-28-50)81(121)104(6)49(5)73(113)98-63(41-70(90)110)84(124)108-36-18-26-68(108)79(119)101-64(42-89)77(117)99-60(37-48(3)4)83(123)107-35-17-25-67(107)78(118)97-59(39-51-43-92-56-21-15-13-19-54(51)56)76(116)96-58(31-34-88)75(115)100-62(40-52-44-93-57-22-16-14-20-55(52)57)82(122)106(8)69(24-12-10-2)85(125)105(66)7/h13-16,19-22,27-30,43-44,48-49,58-69,92-93,109H,9-12,17-18,23-26,31-42,45-47,88-89H2,1-8H3,(H2,90,110)(H2,91,111)(H,94,114)(H,95,112)(H,96,116)(H,97,118)(H,98,113)(H,99,117)(H,100,115)(H,101,119)(H,102,126)(H,103,120)/t49-,58-,59-,60-,61-,62-,63-,64-,65-,66-,67-,68-,69-/m0/s1. The number of carbonyl (C=O) groups is 17. The van der Waals surface area contributed by atoms with Gasteiger partial charge in [0.05, 0.1) is 18.7 Å². The van der Waals surface area contributed by atoms with E-state index in [-0.39, 0.29) is 114 Å². The van der Waals surface area contributed by atoms with E-state index in [0.29, 0.717) is 70.6 Å². The van der Waals surface area contributed by atoms with E-state index in [9.17, 15) is 53.1 Å². The number of hydrogen-bond acceptors (Lipinski definition) is 21. The zero-order valence-electron chi connectivity index (χ0n) is 73.2. The minimum Gasteiger partial charge on any atom is -0.508 e. The van der Waals surface area contributed by atoms with E-state index >= 15 is 33.6 Å². The number of phenols is 1. The van der Waals surface area contributed by atoms with Crippen LogP contribution in [0.5, 0.6) is 5.75 Å². The molecule has 5 heterocycles. The van der Waals surface area contributed by atoms with Gasteiger partial charge >= 0.3 is 0 Å². The van der Waals surface area contributed by atoms with Crippen LogP contribution in [-0.4, -0.2) is 289 Å². The van der Waals surface area contributed by atoms with Gasteiger partial charge in [0.1, 0.15) is 89.8 Å². The van der Waals surface area contributed by atoms with E-state index in [1.54, 1.807) is 44.4 Å². The number of nitrogens with two attached hydrogens (primary N) is 4. The van der Waals surface area contributed by atoms with Crippen LogP contribution in [0.4, 0.5) is 0 Å². The van der Waals surface area contributed by atoms with E-state index in [1.807, 2.05) is 44.2 Å². The number of thioether (sulfide) groups is 1. The summed E-state index contributed by atoms with van der Waals surface area (Å²) in [5.74, 6) is -15.7. The molecule has 690 valence electrons. The smallest absolute Gasteiger partial charge is 0.246 e. The molecule has 3 saturated heterocycles. The van der Waals surface area contributed by atoms with Gasteiger partial charge in [-0.05, 0) is 125 Å². The molecule has 17 amide bonds. The summed E-state index contributed by atoms with van der Waals surface area (Å²) in [5.41, 5.74) is 24.9. The lowest BCUT2D eigenvalue weighted by molar-refractivity contribution is -0.149. The van der Waals surface area contributed by atoms with Gasteiger partial charge in [-0.2, -0.15) is 0 Å². The number of aromatic nitrogens is 2. The number of likely N-dealkylation sites (N-methyl/N-ethyl adjacent to an activating group) is 3. The molecule has 3 aromatic carbocycles. The van der Waals surface area contributed by atoms with Crippen LogP contribution in [0, 0.1) is 5.92 Å². The Morgan fingerprint density at radius 1 is 0.535 bits per heavy atom. The molecule has 0 unspecified atom stereocenters. The summed E-state index contributed by atoms with van der Waals surface area (Å²) >= 11 is 0.813. The quantitative estimate of drug-likeness (QED) is 0.0369. The van der Waals surface area contributed by atoms with Gasteiger partial charge in [0, 0.05) is 100.0 Å². The molecule has 39 nitrogen and oxygen atoms in total. The third-order valence-corrected chi connectivity index (χ3v) is 24.8. The number of primary amides is 2. The van der Waals surface area contributed by atoms with Crippen molar-refractivity contribution in [1.82, 2.24) is 87.6 Å². The van der Waals surface area contributed by atoms with Gasteiger partial charge in [-0.15, -0.1) is 11.8 Å². The molecule has 40 heteroatoms. The fourth-order valence-electron chi connectivity index (χ4n) is 16.2. The maximum absolute atomic E-state index is 15.7. The second kappa shape index (κ2) is 45.8. The number of nitrogens with one attached hydrogen (secondary N) is 12. The molecule has 9 rings (SSSR count). The molecule has 1 saturated carbocycles. The number of aromatic amines is 2. The molecule has 4 aliphatic rings. The van der Waals surface area contributed by atoms with Crippen LogP contribution >= 0.6 is 11.8 Å². The van der Waals surface area contributed by atoms with Crippen LogP contribution in [0.3, 0.4) is 0 Å². The molecule has 1 aliphatic carbocycles.